The summed E-state index contributed by atoms with van der Waals surface area (Å²) in [7, 11) is 0. The second-order valence-electron chi connectivity index (χ2n) is 8.69. The summed E-state index contributed by atoms with van der Waals surface area (Å²) >= 11 is 0. The van der Waals surface area contributed by atoms with Gasteiger partial charge < -0.3 is 9.47 Å². The molecule has 0 bridgehead atoms. The molecule has 0 atom stereocenters. The SMILES string of the molecule is CCC(COC(=O)c1c(C)cccc1C)(COC(=O)c1c(C)cccc1C)c1ccccc1. The van der Waals surface area contributed by atoms with Crippen molar-refractivity contribution in [2.24, 2.45) is 0 Å². The first-order valence-corrected chi connectivity index (χ1v) is 11.3. The van der Waals surface area contributed by atoms with E-state index in [4.69, 9.17) is 9.47 Å². The number of benzene rings is 3. The summed E-state index contributed by atoms with van der Waals surface area (Å²) in [5, 5.41) is 0. The number of esters is 2. The summed E-state index contributed by atoms with van der Waals surface area (Å²) in [5.74, 6) is -0.721. The van der Waals surface area contributed by atoms with E-state index in [9.17, 15) is 9.59 Å². The van der Waals surface area contributed by atoms with Crippen LogP contribution in [0.25, 0.3) is 0 Å². The number of rotatable bonds is 8. The Bertz CT molecular complexity index is 1020. The molecular weight excluding hydrogens is 412 g/mol. The van der Waals surface area contributed by atoms with Crippen molar-refractivity contribution in [1.82, 2.24) is 0 Å². The lowest BCUT2D eigenvalue weighted by molar-refractivity contribution is 0.0162. The Labute approximate surface area is 196 Å². The Hall–Kier alpha value is -3.40. The van der Waals surface area contributed by atoms with Crippen LogP contribution < -0.4 is 0 Å². The van der Waals surface area contributed by atoms with Crippen LogP contribution in [0.15, 0.2) is 66.7 Å². The lowest BCUT2D eigenvalue weighted by Crippen LogP contribution is -2.38. The Balaban J connectivity index is 1.86. The summed E-state index contributed by atoms with van der Waals surface area (Å²) in [6.45, 7) is 9.85. The van der Waals surface area contributed by atoms with Gasteiger partial charge in [-0.2, -0.15) is 0 Å². The Morgan fingerprint density at radius 1 is 0.636 bits per heavy atom. The summed E-state index contributed by atoms with van der Waals surface area (Å²) in [6.07, 6.45) is 0.636. The fraction of sp³-hybridized carbons (Fsp3) is 0.310. The number of carbonyl (C=O) groups is 2. The van der Waals surface area contributed by atoms with Gasteiger partial charge in [0, 0.05) is 0 Å². The minimum atomic E-state index is -0.653. The van der Waals surface area contributed by atoms with Gasteiger partial charge in [0.1, 0.15) is 13.2 Å². The molecule has 0 spiro atoms. The van der Waals surface area contributed by atoms with E-state index < -0.39 is 5.41 Å². The maximum Gasteiger partial charge on any atom is 0.338 e. The topological polar surface area (TPSA) is 52.6 Å². The highest BCUT2D eigenvalue weighted by atomic mass is 16.5. The lowest BCUT2D eigenvalue weighted by Gasteiger charge is -2.32. The highest BCUT2D eigenvalue weighted by Gasteiger charge is 2.35. The standard InChI is InChI=1S/C29H32O4/c1-6-29(24-16-8-7-9-17-24,18-32-27(30)25-20(2)12-10-13-21(25)3)19-33-28(31)26-22(4)14-11-15-23(26)5/h7-17H,6,18-19H2,1-5H3. The molecule has 172 valence electrons. The van der Waals surface area contributed by atoms with E-state index in [-0.39, 0.29) is 25.2 Å². The molecule has 33 heavy (non-hydrogen) atoms. The normalized spacial score (nSPS) is 11.2. The monoisotopic (exact) mass is 444 g/mol. The maximum absolute atomic E-state index is 13.0. The zero-order valence-electron chi connectivity index (χ0n) is 20.1. The van der Waals surface area contributed by atoms with Crippen LogP contribution in [-0.4, -0.2) is 25.2 Å². The van der Waals surface area contributed by atoms with Crippen LogP contribution in [0.5, 0.6) is 0 Å². The van der Waals surface area contributed by atoms with Gasteiger partial charge in [-0.05, 0) is 61.9 Å². The van der Waals surface area contributed by atoms with Crippen LogP contribution in [0, 0.1) is 27.7 Å². The molecule has 0 amide bonds. The minimum absolute atomic E-state index is 0.111. The molecule has 0 N–H and O–H groups in total. The number of ether oxygens (including phenoxy) is 2. The van der Waals surface area contributed by atoms with Crippen molar-refractivity contribution in [1.29, 1.82) is 0 Å². The highest BCUT2D eigenvalue weighted by Crippen LogP contribution is 2.31. The third-order valence-electron chi connectivity index (χ3n) is 6.39. The first-order valence-electron chi connectivity index (χ1n) is 11.3. The second kappa shape index (κ2) is 10.5. The molecule has 0 radical (unpaired) electrons. The summed E-state index contributed by atoms with van der Waals surface area (Å²) < 4.78 is 11.7. The molecule has 4 heteroatoms. The molecule has 0 saturated carbocycles. The van der Waals surface area contributed by atoms with Crippen LogP contribution in [0.3, 0.4) is 0 Å². The molecule has 3 rings (SSSR count). The van der Waals surface area contributed by atoms with Crippen molar-refractivity contribution in [2.75, 3.05) is 13.2 Å². The number of carbonyl (C=O) groups excluding carboxylic acids is 2. The molecular formula is C29H32O4. The molecule has 0 aromatic heterocycles. The van der Waals surface area contributed by atoms with Gasteiger partial charge >= 0.3 is 11.9 Å². The van der Waals surface area contributed by atoms with Crippen molar-refractivity contribution in [3.8, 4) is 0 Å². The van der Waals surface area contributed by atoms with E-state index in [1.807, 2.05) is 101 Å². The molecule has 0 aliphatic heterocycles. The highest BCUT2D eigenvalue weighted by molar-refractivity contribution is 5.93. The van der Waals surface area contributed by atoms with Crippen molar-refractivity contribution in [3.05, 3.63) is 106 Å². The third kappa shape index (κ3) is 5.33. The predicted octanol–water partition coefficient (Wildman–Crippen LogP) is 6.28. The predicted molar refractivity (Wildman–Crippen MR) is 131 cm³/mol. The Morgan fingerprint density at radius 2 is 1.03 bits per heavy atom. The number of hydrogen-bond acceptors (Lipinski definition) is 4. The van der Waals surface area contributed by atoms with Crippen LogP contribution in [0.1, 0.15) is 61.9 Å². The van der Waals surface area contributed by atoms with E-state index >= 15 is 0 Å². The summed E-state index contributed by atoms with van der Waals surface area (Å²) in [5.41, 5.74) is 5.00. The average molecular weight is 445 g/mol. The van der Waals surface area contributed by atoms with Gasteiger partial charge in [-0.15, -0.1) is 0 Å². The van der Waals surface area contributed by atoms with Gasteiger partial charge in [0.15, 0.2) is 0 Å². The van der Waals surface area contributed by atoms with E-state index in [0.29, 0.717) is 17.5 Å². The van der Waals surface area contributed by atoms with Crippen molar-refractivity contribution in [2.45, 2.75) is 46.5 Å². The Kier molecular flexibility index (Phi) is 7.70. The van der Waals surface area contributed by atoms with Crippen LogP contribution in [0.2, 0.25) is 0 Å². The molecule has 3 aromatic carbocycles. The summed E-state index contributed by atoms with van der Waals surface area (Å²) in [6, 6.07) is 21.3. The second-order valence-corrected chi connectivity index (χ2v) is 8.69. The van der Waals surface area contributed by atoms with Crippen LogP contribution in [-0.2, 0) is 14.9 Å². The molecule has 0 aliphatic rings. The zero-order chi connectivity index (χ0) is 24.0. The fourth-order valence-electron chi connectivity index (χ4n) is 4.23. The Morgan fingerprint density at radius 3 is 1.39 bits per heavy atom. The minimum Gasteiger partial charge on any atom is -0.461 e. The first kappa shape index (κ1) is 24.2. The average Bonchev–Trinajstić information content (AvgIpc) is 2.80. The molecule has 0 aliphatic carbocycles. The van der Waals surface area contributed by atoms with Gasteiger partial charge in [-0.1, -0.05) is 73.7 Å². The van der Waals surface area contributed by atoms with E-state index in [2.05, 4.69) is 0 Å². The van der Waals surface area contributed by atoms with E-state index in [1.54, 1.807) is 0 Å². The van der Waals surface area contributed by atoms with Crippen LogP contribution >= 0.6 is 0 Å². The van der Waals surface area contributed by atoms with Crippen molar-refractivity contribution in [3.63, 3.8) is 0 Å². The van der Waals surface area contributed by atoms with Gasteiger partial charge in [0.2, 0.25) is 0 Å². The quantitative estimate of drug-likeness (QED) is 0.384. The van der Waals surface area contributed by atoms with Gasteiger partial charge in [-0.3, -0.25) is 0 Å². The molecule has 0 fully saturated rings. The molecule has 3 aromatic rings. The van der Waals surface area contributed by atoms with E-state index in [1.165, 1.54) is 0 Å². The summed E-state index contributed by atoms with van der Waals surface area (Å²) in [4.78, 5) is 26.0. The molecule has 0 unspecified atom stereocenters. The van der Waals surface area contributed by atoms with Gasteiger partial charge in [0.25, 0.3) is 0 Å². The smallest absolute Gasteiger partial charge is 0.338 e. The molecule has 0 heterocycles. The van der Waals surface area contributed by atoms with E-state index in [0.717, 1.165) is 27.8 Å². The lowest BCUT2D eigenvalue weighted by atomic mass is 9.79. The fourth-order valence-corrected chi connectivity index (χ4v) is 4.23. The molecule has 0 saturated heterocycles. The molecule has 4 nitrogen and oxygen atoms in total. The van der Waals surface area contributed by atoms with Gasteiger partial charge in [0.05, 0.1) is 16.5 Å². The third-order valence-corrected chi connectivity index (χ3v) is 6.39. The number of aryl methyl sites for hydroxylation is 4. The first-order chi connectivity index (χ1) is 15.8. The van der Waals surface area contributed by atoms with Crippen molar-refractivity contribution >= 4 is 11.9 Å². The maximum atomic E-state index is 13.0. The largest absolute Gasteiger partial charge is 0.461 e. The number of hydrogen-bond donors (Lipinski definition) is 0. The van der Waals surface area contributed by atoms with Gasteiger partial charge in [-0.25, -0.2) is 9.59 Å². The van der Waals surface area contributed by atoms with Crippen LogP contribution in [0.4, 0.5) is 0 Å². The zero-order valence-corrected chi connectivity index (χ0v) is 20.1. The van der Waals surface area contributed by atoms with Crippen molar-refractivity contribution < 1.29 is 19.1 Å².